The van der Waals surface area contributed by atoms with E-state index in [9.17, 15) is 0 Å². The molecule has 0 aliphatic heterocycles. The lowest BCUT2D eigenvalue weighted by molar-refractivity contribution is 0.00170. The normalized spacial score (nSPS) is 20.2. The highest BCUT2D eigenvalue weighted by Crippen LogP contribution is 2.31. The maximum absolute atomic E-state index is 5.57. The van der Waals surface area contributed by atoms with Crippen LogP contribution in [0.2, 0.25) is 0 Å². The van der Waals surface area contributed by atoms with Crippen LogP contribution in [-0.4, -0.2) is 25.3 Å². The zero-order chi connectivity index (χ0) is 12.0. The van der Waals surface area contributed by atoms with Crippen molar-refractivity contribution in [2.45, 2.75) is 70.9 Å². The Morgan fingerprint density at radius 2 is 1.94 bits per heavy atom. The van der Waals surface area contributed by atoms with Gasteiger partial charge in [0.15, 0.2) is 0 Å². The van der Waals surface area contributed by atoms with Gasteiger partial charge >= 0.3 is 0 Å². The minimum atomic E-state index is 0.00793. The van der Waals surface area contributed by atoms with Crippen LogP contribution in [-0.2, 0) is 4.74 Å². The first-order valence-corrected chi connectivity index (χ1v) is 6.87. The summed E-state index contributed by atoms with van der Waals surface area (Å²) in [6.07, 6.45) is 8.00. The summed E-state index contributed by atoms with van der Waals surface area (Å²) in [5, 5.41) is 3.72. The summed E-state index contributed by atoms with van der Waals surface area (Å²) >= 11 is 0. The SMILES string of the molecule is CCCNC(CC(C)(C)OC)C1CCCC1. The lowest BCUT2D eigenvalue weighted by Crippen LogP contribution is -2.42. The first-order valence-electron chi connectivity index (χ1n) is 6.87. The third-order valence-electron chi connectivity index (χ3n) is 3.89. The minimum Gasteiger partial charge on any atom is -0.379 e. The van der Waals surface area contributed by atoms with Crippen LogP contribution < -0.4 is 5.32 Å². The highest BCUT2D eigenvalue weighted by Gasteiger charge is 2.30. The number of nitrogens with one attached hydrogen (secondary N) is 1. The molecular formula is C14H29NO. The van der Waals surface area contributed by atoms with E-state index in [1.54, 1.807) is 0 Å². The van der Waals surface area contributed by atoms with Gasteiger partial charge in [0.25, 0.3) is 0 Å². The lowest BCUT2D eigenvalue weighted by atomic mass is 9.88. The van der Waals surface area contributed by atoms with Crippen molar-refractivity contribution < 1.29 is 4.74 Å². The first kappa shape index (κ1) is 14.0. The van der Waals surface area contributed by atoms with E-state index < -0.39 is 0 Å². The maximum atomic E-state index is 5.57. The fourth-order valence-electron chi connectivity index (χ4n) is 2.71. The summed E-state index contributed by atoms with van der Waals surface area (Å²) in [6.45, 7) is 7.77. The summed E-state index contributed by atoms with van der Waals surface area (Å²) in [6, 6.07) is 0.650. The number of rotatable bonds is 7. The van der Waals surface area contributed by atoms with E-state index in [-0.39, 0.29) is 5.60 Å². The highest BCUT2D eigenvalue weighted by molar-refractivity contribution is 4.86. The van der Waals surface area contributed by atoms with E-state index in [4.69, 9.17) is 4.74 Å². The van der Waals surface area contributed by atoms with Crippen molar-refractivity contribution in [3.8, 4) is 0 Å². The molecule has 2 heteroatoms. The van der Waals surface area contributed by atoms with Crippen LogP contribution >= 0.6 is 0 Å². The van der Waals surface area contributed by atoms with E-state index in [0.29, 0.717) is 6.04 Å². The summed E-state index contributed by atoms with van der Waals surface area (Å²) in [5.74, 6) is 0.876. The molecular weight excluding hydrogens is 198 g/mol. The molecule has 1 N–H and O–H groups in total. The van der Waals surface area contributed by atoms with Crippen molar-refractivity contribution >= 4 is 0 Å². The van der Waals surface area contributed by atoms with Gasteiger partial charge in [0.1, 0.15) is 0 Å². The van der Waals surface area contributed by atoms with E-state index in [2.05, 4.69) is 26.1 Å². The molecule has 0 heterocycles. The predicted octanol–water partition coefficient (Wildman–Crippen LogP) is 3.36. The fourth-order valence-corrected chi connectivity index (χ4v) is 2.71. The molecule has 1 fully saturated rings. The predicted molar refractivity (Wildman–Crippen MR) is 69.7 cm³/mol. The van der Waals surface area contributed by atoms with Crippen molar-refractivity contribution in [3.63, 3.8) is 0 Å². The molecule has 1 atom stereocenters. The molecule has 96 valence electrons. The lowest BCUT2D eigenvalue weighted by Gasteiger charge is -2.32. The fraction of sp³-hybridized carbons (Fsp3) is 1.00. The average Bonchev–Trinajstić information content (AvgIpc) is 2.77. The second-order valence-corrected chi connectivity index (χ2v) is 5.77. The average molecular weight is 227 g/mol. The van der Waals surface area contributed by atoms with E-state index in [0.717, 1.165) is 18.9 Å². The molecule has 2 nitrogen and oxygen atoms in total. The molecule has 16 heavy (non-hydrogen) atoms. The van der Waals surface area contributed by atoms with Crippen molar-refractivity contribution in [1.82, 2.24) is 5.32 Å². The van der Waals surface area contributed by atoms with Gasteiger partial charge in [-0.1, -0.05) is 19.8 Å². The number of methoxy groups -OCH3 is 1. The van der Waals surface area contributed by atoms with Gasteiger partial charge in [0.2, 0.25) is 0 Å². The number of hydrogen-bond acceptors (Lipinski definition) is 2. The molecule has 0 amide bonds. The van der Waals surface area contributed by atoms with Crippen molar-refractivity contribution in [3.05, 3.63) is 0 Å². The van der Waals surface area contributed by atoms with Crippen LogP contribution in [0.15, 0.2) is 0 Å². The Bertz CT molecular complexity index is 185. The number of hydrogen-bond donors (Lipinski definition) is 1. The van der Waals surface area contributed by atoms with E-state index in [1.807, 2.05) is 7.11 Å². The van der Waals surface area contributed by atoms with Crippen LogP contribution in [0.4, 0.5) is 0 Å². The van der Waals surface area contributed by atoms with Gasteiger partial charge in [-0.25, -0.2) is 0 Å². The summed E-state index contributed by atoms with van der Waals surface area (Å²) in [7, 11) is 1.82. The largest absolute Gasteiger partial charge is 0.379 e. The molecule has 0 aromatic rings. The van der Waals surface area contributed by atoms with Gasteiger partial charge in [-0.05, 0) is 52.0 Å². The molecule has 0 bridgehead atoms. The summed E-state index contributed by atoms with van der Waals surface area (Å²) in [4.78, 5) is 0. The molecule has 1 saturated carbocycles. The molecule has 0 aromatic carbocycles. The minimum absolute atomic E-state index is 0.00793. The molecule has 0 aromatic heterocycles. The van der Waals surface area contributed by atoms with Gasteiger partial charge in [-0.2, -0.15) is 0 Å². The van der Waals surface area contributed by atoms with Crippen LogP contribution in [0.3, 0.4) is 0 Å². The highest BCUT2D eigenvalue weighted by atomic mass is 16.5. The Morgan fingerprint density at radius 1 is 1.31 bits per heavy atom. The standard InChI is InChI=1S/C14H29NO/c1-5-10-15-13(11-14(2,3)16-4)12-8-6-7-9-12/h12-13,15H,5-11H2,1-4H3. The maximum Gasteiger partial charge on any atom is 0.0637 e. The summed E-state index contributed by atoms with van der Waals surface area (Å²) in [5.41, 5.74) is 0.00793. The molecule has 0 radical (unpaired) electrons. The van der Waals surface area contributed by atoms with E-state index in [1.165, 1.54) is 32.1 Å². The summed E-state index contributed by atoms with van der Waals surface area (Å²) < 4.78 is 5.57. The van der Waals surface area contributed by atoms with Gasteiger partial charge in [0, 0.05) is 13.2 Å². The zero-order valence-corrected chi connectivity index (χ0v) is 11.5. The molecule has 1 aliphatic rings. The third-order valence-corrected chi connectivity index (χ3v) is 3.89. The second kappa shape index (κ2) is 6.61. The van der Waals surface area contributed by atoms with Crippen molar-refractivity contribution in [2.75, 3.05) is 13.7 Å². The monoisotopic (exact) mass is 227 g/mol. The molecule has 0 spiro atoms. The number of ether oxygens (including phenoxy) is 1. The topological polar surface area (TPSA) is 21.3 Å². The Kier molecular flexibility index (Phi) is 5.77. The van der Waals surface area contributed by atoms with Crippen LogP contribution in [0.25, 0.3) is 0 Å². The van der Waals surface area contributed by atoms with Crippen LogP contribution in [0.5, 0.6) is 0 Å². The van der Waals surface area contributed by atoms with Crippen LogP contribution in [0.1, 0.15) is 59.3 Å². The smallest absolute Gasteiger partial charge is 0.0637 e. The Labute approximate surface area is 101 Å². The second-order valence-electron chi connectivity index (χ2n) is 5.77. The van der Waals surface area contributed by atoms with Gasteiger partial charge in [-0.15, -0.1) is 0 Å². The third kappa shape index (κ3) is 4.42. The quantitative estimate of drug-likeness (QED) is 0.720. The molecule has 1 aliphatic carbocycles. The van der Waals surface area contributed by atoms with Gasteiger partial charge < -0.3 is 10.1 Å². The van der Waals surface area contributed by atoms with Gasteiger partial charge in [-0.3, -0.25) is 0 Å². The Balaban J connectivity index is 2.48. The molecule has 1 unspecified atom stereocenters. The Morgan fingerprint density at radius 3 is 2.44 bits per heavy atom. The Hall–Kier alpha value is -0.0800. The van der Waals surface area contributed by atoms with E-state index >= 15 is 0 Å². The first-order chi connectivity index (χ1) is 7.59. The van der Waals surface area contributed by atoms with Crippen molar-refractivity contribution in [1.29, 1.82) is 0 Å². The van der Waals surface area contributed by atoms with Crippen LogP contribution in [0, 0.1) is 5.92 Å². The van der Waals surface area contributed by atoms with Crippen molar-refractivity contribution in [2.24, 2.45) is 5.92 Å². The molecule has 0 saturated heterocycles. The zero-order valence-electron chi connectivity index (χ0n) is 11.5. The van der Waals surface area contributed by atoms with Gasteiger partial charge in [0.05, 0.1) is 5.60 Å². The molecule has 1 rings (SSSR count).